The Balaban J connectivity index is 1.82. The molecule has 1 rings (SSSR count). The Bertz CT molecular complexity index is 119. The quantitative estimate of drug-likeness (QED) is 0.631. The predicted molar refractivity (Wildman–Crippen MR) is 62.7 cm³/mol. The van der Waals surface area contributed by atoms with Crippen LogP contribution in [0, 0.1) is 0 Å². The van der Waals surface area contributed by atoms with Gasteiger partial charge in [0.2, 0.25) is 0 Å². The first-order chi connectivity index (χ1) is 6.93. The Morgan fingerprint density at radius 2 is 1.57 bits per heavy atom. The SMILES string of the molecule is CCCCCCCCN1CCNCC1. The van der Waals surface area contributed by atoms with Crippen LogP contribution in [0.4, 0.5) is 0 Å². The fraction of sp³-hybridized carbons (Fsp3) is 1.00. The van der Waals surface area contributed by atoms with Crippen molar-refractivity contribution in [2.24, 2.45) is 0 Å². The molecule has 0 amide bonds. The van der Waals surface area contributed by atoms with E-state index in [1.807, 2.05) is 0 Å². The second-order valence-electron chi connectivity index (χ2n) is 4.36. The third-order valence-corrected chi connectivity index (χ3v) is 3.04. The van der Waals surface area contributed by atoms with Gasteiger partial charge in [-0.05, 0) is 13.0 Å². The van der Waals surface area contributed by atoms with Gasteiger partial charge in [-0.25, -0.2) is 0 Å². The smallest absolute Gasteiger partial charge is 0.0107 e. The number of hydrogen-bond acceptors (Lipinski definition) is 2. The van der Waals surface area contributed by atoms with Crippen LogP contribution < -0.4 is 5.32 Å². The number of nitrogens with zero attached hydrogens (tertiary/aromatic N) is 1. The third kappa shape index (κ3) is 5.61. The van der Waals surface area contributed by atoms with E-state index < -0.39 is 0 Å². The van der Waals surface area contributed by atoms with Gasteiger partial charge in [0.25, 0.3) is 0 Å². The maximum Gasteiger partial charge on any atom is 0.0107 e. The second kappa shape index (κ2) is 8.25. The zero-order valence-corrected chi connectivity index (χ0v) is 9.73. The molecule has 1 aliphatic heterocycles. The molecule has 0 aromatic rings. The summed E-state index contributed by atoms with van der Waals surface area (Å²) in [5.74, 6) is 0. The van der Waals surface area contributed by atoms with Crippen LogP contribution in [0.2, 0.25) is 0 Å². The second-order valence-corrected chi connectivity index (χ2v) is 4.36. The summed E-state index contributed by atoms with van der Waals surface area (Å²) < 4.78 is 0. The summed E-state index contributed by atoms with van der Waals surface area (Å²) in [7, 11) is 0. The lowest BCUT2D eigenvalue weighted by Crippen LogP contribution is -2.43. The third-order valence-electron chi connectivity index (χ3n) is 3.04. The van der Waals surface area contributed by atoms with Crippen molar-refractivity contribution in [2.75, 3.05) is 32.7 Å². The lowest BCUT2D eigenvalue weighted by Gasteiger charge is -2.26. The molecule has 2 nitrogen and oxygen atoms in total. The van der Waals surface area contributed by atoms with Crippen LogP contribution in [0.25, 0.3) is 0 Å². The van der Waals surface area contributed by atoms with Crippen molar-refractivity contribution in [1.82, 2.24) is 10.2 Å². The minimum absolute atomic E-state index is 1.19. The van der Waals surface area contributed by atoms with E-state index in [4.69, 9.17) is 0 Å². The molecule has 0 radical (unpaired) electrons. The topological polar surface area (TPSA) is 15.3 Å². The summed E-state index contributed by atoms with van der Waals surface area (Å²) in [6.45, 7) is 8.50. The highest BCUT2D eigenvalue weighted by Crippen LogP contribution is 2.06. The first-order valence-electron chi connectivity index (χ1n) is 6.36. The molecule has 14 heavy (non-hydrogen) atoms. The number of piperazine rings is 1. The summed E-state index contributed by atoms with van der Waals surface area (Å²) in [5, 5.41) is 3.39. The van der Waals surface area contributed by atoms with E-state index in [2.05, 4.69) is 17.1 Å². The van der Waals surface area contributed by atoms with E-state index >= 15 is 0 Å². The zero-order valence-electron chi connectivity index (χ0n) is 9.73. The molecule has 0 bridgehead atoms. The highest BCUT2D eigenvalue weighted by atomic mass is 15.2. The van der Waals surface area contributed by atoms with Crippen molar-refractivity contribution >= 4 is 0 Å². The molecule has 1 aliphatic rings. The minimum Gasteiger partial charge on any atom is -0.314 e. The van der Waals surface area contributed by atoms with E-state index in [1.54, 1.807) is 0 Å². The maximum absolute atomic E-state index is 3.39. The molecule has 0 aromatic carbocycles. The van der Waals surface area contributed by atoms with Gasteiger partial charge >= 0.3 is 0 Å². The van der Waals surface area contributed by atoms with Crippen LogP contribution in [0.1, 0.15) is 45.4 Å². The Kier molecular flexibility index (Phi) is 7.06. The summed E-state index contributed by atoms with van der Waals surface area (Å²) in [6, 6.07) is 0. The van der Waals surface area contributed by atoms with Gasteiger partial charge in [-0.1, -0.05) is 39.0 Å². The first kappa shape index (κ1) is 12.0. The number of nitrogens with one attached hydrogen (secondary N) is 1. The van der Waals surface area contributed by atoms with Crippen molar-refractivity contribution in [3.63, 3.8) is 0 Å². The molecule has 1 fully saturated rings. The lowest BCUT2D eigenvalue weighted by molar-refractivity contribution is 0.236. The Morgan fingerprint density at radius 1 is 0.929 bits per heavy atom. The van der Waals surface area contributed by atoms with Crippen LogP contribution in [0.15, 0.2) is 0 Å². The average molecular weight is 198 g/mol. The highest BCUT2D eigenvalue weighted by molar-refractivity contribution is 4.67. The van der Waals surface area contributed by atoms with E-state index in [9.17, 15) is 0 Å². The lowest BCUT2D eigenvalue weighted by atomic mass is 10.1. The molecule has 0 atom stereocenters. The van der Waals surface area contributed by atoms with Crippen molar-refractivity contribution in [3.05, 3.63) is 0 Å². The molecule has 0 saturated carbocycles. The molecule has 0 spiro atoms. The first-order valence-corrected chi connectivity index (χ1v) is 6.36. The van der Waals surface area contributed by atoms with Crippen LogP contribution in [-0.4, -0.2) is 37.6 Å². The van der Waals surface area contributed by atoms with E-state index in [0.29, 0.717) is 0 Å². The standard InChI is InChI=1S/C12H26N2/c1-2-3-4-5-6-7-10-14-11-8-13-9-12-14/h13H,2-12H2,1H3. The van der Waals surface area contributed by atoms with Crippen LogP contribution in [-0.2, 0) is 0 Å². The largest absolute Gasteiger partial charge is 0.314 e. The molecule has 1 saturated heterocycles. The highest BCUT2D eigenvalue weighted by Gasteiger charge is 2.07. The molecule has 0 unspecified atom stereocenters. The molecule has 1 N–H and O–H groups in total. The molecular weight excluding hydrogens is 172 g/mol. The molecule has 2 heteroatoms. The van der Waals surface area contributed by atoms with E-state index in [0.717, 1.165) is 0 Å². The summed E-state index contributed by atoms with van der Waals surface area (Å²) in [6.07, 6.45) is 8.51. The zero-order chi connectivity index (χ0) is 10.1. The van der Waals surface area contributed by atoms with E-state index in [1.165, 1.54) is 71.2 Å². The molecule has 0 aromatic heterocycles. The Labute approximate surface area is 89.1 Å². The van der Waals surface area contributed by atoms with Gasteiger partial charge < -0.3 is 10.2 Å². The van der Waals surface area contributed by atoms with Gasteiger partial charge in [0.05, 0.1) is 0 Å². The van der Waals surface area contributed by atoms with Gasteiger partial charge in [-0.3, -0.25) is 0 Å². The summed E-state index contributed by atoms with van der Waals surface area (Å²) >= 11 is 0. The fourth-order valence-electron chi connectivity index (χ4n) is 2.05. The monoisotopic (exact) mass is 198 g/mol. The van der Waals surface area contributed by atoms with Crippen molar-refractivity contribution in [3.8, 4) is 0 Å². The molecule has 0 aliphatic carbocycles. The fourth-order valence-corrected chi connectivity index (χ4v) is 2.05. The number of rotatable bonds is 7. The van der Waals surface area contributed by atoms with Crippen LogP contribution in [0.5, 0.6) is 0 Å². The van der Waals surface area contributed by atoms with Gasteiger partial charge in [0.15, 0.2) is 0 Å². The van der Waals surface area contributed by atoms with Gasteiger partial charge in [0.1, 0.15) is 0 Å². The van der Waals surface area contributed by atoms with Crippen LogP contribution >= 0.6 is 0 Å². The van der Waals surface area contributed by atoms with E-state index in [-0.39, 0.29) is 0 Å². The molecular formula is C12H26N2. The summed E-state index contributed by atoms with van der Waals surface area (Å²) in [5.41, 5.74) is 0. The molecule has 1 heterocycles. The van der Waals surface area contributed by atoms with Gasteiger partial charge in [-0.2, -0.15) is 0 Å². The molecule has 84 valence electrons. The summed E-state index contributed by atoms with van der Waals surface area (Å²) in [4.78, 5) is 2.59. The van der Waals surface area contributed by atoms with Crippen molar-refractivity contribution in [2.45, 2.75) is 45.4 Å². The van der Waals surface area contributed by atoms with Crippen LogP contribution in [0.3, 0.4) is 0 Å². The Hall–Kier alpha value is -0.0800. The average Bonchev–Trinajstić information content (AvgIpc) is 2.25. The van der Waals surface area contributed by atoms with Gasteiger partial charge in [-0.15, -0.1) is 0 Å². The Morgan fingerprint density at radius 3 is 2.29 bits per heavy atom. The van der Waals surface area contributed by atoms with Gasteiger partial charge in [0, 0.05) is 26.2 Å². The number of unbranched alkanes of at least 4 members (excludes halogenated alkanes) is 5. The number of hydrogen-bond donors (Lipinski definition) is 1. The normalized spacial score (nSPS) is 18.6. The van der Waals surface area contributed by atoms with Crippen molar-refractivity contribution in [1.29, 1.82) is 0 Å². The predicted octanol–water partition coefficient (Wildman–Crippen LogP) is 2.25. The minimum atomic E-state index is 1.19. The van der Waals surface area contributed by atoms with Crippen molar-refractivity contribution < 1.29 is 0 Å². The maximum atomic E-state index is 3.39.